The van der Waals surface area contributed by atoms with E-state index >= 15 is 0 Å². The molecule has 0 spiro atoms. The number of carbonyl (C=O) groups excluding carboxylic acids is 1. The van der Waals surface area contributed by atoms with Crippen LogP contribution < -0.4 is 0 Å². The maximum atomic E-state index is 12.6. The predicted octanol–water partition coefficient (Wildman–Crippen LogP) is -3.03. The molecule has 5 N–H and O–H groups in total. The van der Waals surface area contributed by atoms with Crippen LogP contribution in [0.4, 0.5) is 0 Å². The maximum Gasteiger partial charge on any atom is 0.149 e. The molecular weight excluding hydrogens is 304 g/mol. The highest BCUT2D eigenvalue weighted by Gasteiger charge is 2.63. The summed E-state index contributed by atoms with van der Waals surface area (Å²) in [5.74, 6) is 0.252. The molecular formula is C15H26N2O6. The van der Waals surface area contributed by atoms with Gasteiger partial charge in [0.25, 0.3) is 0 Å². The molecule has 4 bridgehead atoms. The van der Waals surface area contributed by atoms with Crippen molar-refractivity contribution in [2.45, 2.75) is 44.4 Å². The van der Waals surface area contributed by atoms with E-state index in [4.69, 9.17) is 5.11 Å². The lowest BCUT2D eigenvalue weighted by molar-refractivity contribution is -0.228. The van der Waals surface area contributed by atoms with Crippen LogP contribution in [-0.2, 0) is 4.79 Å². The lowest BCUT2D eigenvalue weighted by Crippen LogP contribution is -2.80. The van der Waals surface area contributed by atoms with E-state index in [1.165, 1.54) is 0 Å². The van der Waals surface area contributed by atoms with Crippen molar-refractivity contribution in [2.75, 3.05) is 32.8 Å². The Morgan fingerprint density at radius 1 is 1.00 bits per heavy atom. The molecule has 4 fully saturated rings. The van der Waals surface area contributed by atoms with Crippen molar-refractivity contribution in [1.82, 2.24) is 9.80 Å². The van der Waals surface area contributed by atoms with Crippen LogP contribution in [-0.4, -0.2) is 104 Å². The van der Waals surface area contributed by atoms with E-state index in [1.54, 1.807) is 0 Å². The van der Waals surface area contributed by atoms with E-state index in [0.29, 0.717) is 26.2 Å². The van der Waals surface area contributed by atoms with Gasteiger partial charge in [-0.05, 0) is 0 Å². The maximum absolute atomic E-state index is 12.6. The van der Waals surface area contributed by atoms with Crippen molar-refractivity contribution < 1.29 is 30.3 Å². The summed E-state index contributed by atoms with van der Waals surface area (Å²) in [5, 5.41) is 48.9. The molecule has 8 heteroatoms. The standard InChI is InChI=1S/C15H26N2O6/c1-14-4-16-6-15(2,13(14)23)7-17(5-14)12(16)11(22)10(21)9(20)8(19)3-18/h8-12,18-22H,3-7H2,1-2H3/t8-,9-,10+,11+,12?,14?,15?/m1/s1. The Morgan fingerprint density at radius 2 is 1.43 bits per heavy atom. The van der Waals surface area contributed by atoms with E-state index in [1.807, 2.05) is 23.6 Å². The zero-order chi connectivity index (χ0) is 17.2. The van der Waals surface area contributed by atoms with Gasteiger partial charge in [-0.1, -0.05) is 13.8 Å². The van der Waals surface area contributed by atoms with Crippen LogP contribution in [0.15, 0.2) is 0 Å². The second-order valence-corrected chi connectivity index (χ2v) is 7.90. The average Bonchev–Trinajstić information content (AvgIpc) is 2.48. The molecule has 4 heterocycles. The number of nitrogens with zero attached hydrogens (tertiary/aromatic N) is 2. The highest BCUT2D eigenvalue weighted by molar-refractivity contribution is 5.92. The first-order valence-corrected chi connectivity index (χ1v) is 7.99. The van der Waals surface area contributed by atoms with Gasteiger partial charge in [0.15, 0.2) is 0 Å². The summed E-state index contributed by atoms with van der Waals surface area (Å²) in [6.07, 6.45) is -6.57. The van der Waals surface area contributed by atoms with Gasteiger partial charge in [-0.25, -0.2) is 0 Å². The minimum atomic E-state index is -1.64. The second kappa shape index (κ2) is 5.45. The van der Waals surface area contributed by atoms with Gasteiger partial charge in [-0.2, -0.15) is 0 Å². The van der Waals surface area contributed by atoms with Crippen molar-refractivity contribution in [2.24, 2.45) is 10.8 Å². The van der Waals surface area contributed by atoms with E-state index < -0.39 is 48.0 Å². The van der Waals surface area contributed by atoms with Gasteiger partial charge in [0.2, 0.25) is 0 Å². The van der Waals surface area contributed by atoms with Crippen LogP contribution in [0, 0.1) is 10.8 Å². The number of ketones is 1. The van der Waals surface area contributed by atoms with Crippen molar-refractivity contribution >= 4 is 5.78 Å². The molecule has 4 saturated heterocycles. The number of aliphatic hydroxyl groups excluding tert-OH is 5. The van der Waals surface area contributed by atoms with Crippen molar-refractivity contribution in [3.63, 3.8) is 0 Å². The summed E-state index contributed by atoms with van der Waals surface area (Å²) in [5.41, 5.74) is -0.953. The largest absolute Gasteiger partial charge is 0.394 e. The molecule has 0 aromatic rings. The number of hydrogen-bond donors (Lipinski definition) is 5. The molecule has 4 atom stereocenters. The Balaban J connectivity index is 1.80. The van der Waals surface area contributed by atoms with Gasteiger partial charge >= 0.3 is 0 Å². The van der Waals surface area contributed by atoms with Gasteiger partial charge in [-0.15, -0.1) is 0 Å². The van der Waals surface area contributed by atoms with Crippen LogP contribution in [0.5, 0.6) is 0 Å². The Labute approximate surface area is 134 Å². The van der Waals surface area contributed by atoms with Crippen LogP contribution in [0.3, 0.4) is 0 Å². The smallest absolute Gasteiger partial charge is 0.149 e. The average molecular weight is 330 g/mol. The zero-order valence-corrected chi connectivity index (χ0v) is 13.5. The Hall–Kier alpha value is -0.610. The fourth-order valence-electron chi connectivity index (χ4n) is 4.77. The molecule has 0 aliphatic carbocycles. The summed E-state index contributed by atoms with van der Waals surface area (Å²) in [4.78, 5) is 16.5. The summed E-state index contributed by atoms with van der Waals surface area (Å²) in [7, 11) is 0. The summed E-state index contributed by atoms with van der Waals surface area (Å²) < 4.78 is 0. The van der Waals surface area contributed by atoms with Crippen LogP contribution in [0.1, 0.15) is 13.8 Å². The molecule has 4 aliphatic heterocycles. The van der Waals surface area contributed by atoms with Crippen LogP contribution in [0.25, 0.3) is 0 Å². The quantitative estimate of drug-likeness (QED) is 0.361. The second-order valence-electron chi connectivity index (χ2n) is 7.90. The van der Waals surface area contributed by atoms with Crippen molar-refractivity contribution in [1.29, 1.82) is 0 Å². The summed E-state index contributed by atoms with van der Waals surface area (Å²) >= 11 is 0. The third kappa shape index (κ3) is 2.44. The SMILES string of the molecule is CC12CN3CC(C)(CN(C1)C3[C@@H](O)[C@@H](O)[C@H](O)[C@H](O)CO)C2=O. The first-order valence-electron chi connectivity index (χ1n) is 7.99. The van der Waals surface area contributed by atoms with E-state index in [0.717, 1.165) is 0 Å². The number of aliphatic hydroxyl groups is 5. The zero-order valence-electron chi connectivity index (χ0n) is 13.5. The van der Waals surface area contributed by atoms with Gasteiger partial charge < -0.3 is 25.5 Å². The lowest BCUT2D eigenvalue weighted by atomic mass is 9.61. The van der Waals surface area contributed by atoms with Gasteiger partial charge in [-0.3, -0.25) is 14.6 Å². The molecule has 132 valence electrons. The normalized spacial score (nSPS) is 47.4. The Bertz CT molecular complexity index is 460. The predicted molar refractivity (Wildman–Crippen MR) is 79.3 cm³/mol. The summed E-state index contributed by atoms with van der Waals surface area (Å²) in [6.45, 7) is 5.17. The first-order chi connectivity index (χ1) is 10.6. The van der Waals surface area contributed by atoms with E-state index in [9.17, 15) is 25.2 Å². The molecule has 0 amide bonds. The molecule has 0 radical (unpaired) electrons. The first kappa shape index (κ1) is 17.2. The molecule has 4 aliphatic rings. The van der Waals surface area contributed by atoms with Crippen LogP contribution in [0.2, 0.25) is 0 Å². The molecule has 0 saturated carbocycles. The molecule has 4 rings (SSSR count). The number of hydrogen-bond acceptors (Lipinski definition) is 8. The molecule has 8 nitrogen and oxygen atoms in total. The van der Waals surface area contributed by atoms with Gasteiger partial charge in [0.05, 0.1) is 23.6 Å². The van der Waals surface area contributed by atoms with Crippen molar-refractivity contribution in [3.8, 4) is 0 Å². The minimum Gasteiger partial charge on any atom is -0.394 e. The molecule has 23 heavy (non-hydrogen) atoms. The Morgan fingerprint density at radius 3 is 1.83 bits per heavy atom. The van der Waals surface area contributed by atoms with Gasteiger partial charge in [0.1, 0.15) is 30.2 Å². The molecule has 0 aromatic carbocycles. The molecule has 0 unspecified atom stereocenters. The summed E-state index contributed by atoms with van der Waals surface area (Å²) in [6, 6.07) is 0. The van der Waals surface area contributed by atoms with E-state index in [2.05, 4.69) is 0 Å². The fourth-order valence-corrected chi connectivity index (χ4v) is 4.77. The van der Waals surface area contributed by atoms with Crippen molar-refractivity contribution in [3.05, 3.63) is 0 Å². The lowest BCUT2D eigenvalue weighted by Gasteiger charge is -2.65. The van der Waals surface area contributed by atoms with Gasteiger partial charge in [0, 0.05) is 26.2 Å². The Kier molecular flexibility index (Phi) is 4.08. The topological polar surface area (TPSA) is 125 Å². The molecule has 0 aromatic heterocycles. The highest BCUT2D eigenvalue weighted by atomic mass is 16.4. The minimum absolute atomic E-state index is 0.252. The van der Waals surface area contributed by atoms with Crippen LogP contribution >= 0.6 is 0 Å². The van der Waals surface area contributed by atoms with E-state index in [-0.39, 0.29) is 5.78 Å². The fraction of sp³-hybridized carbons (Fsp3) is 0.933. The third-order valence-electron chi connectivity index (χ3n) is 5.64. The third-order valence-corrected chi connectivity index (χ3v) is 5.64. The monoisotopic (exact) mass is 330 g/mol. The number of carbonyl (C=O) groups is 1. The highest BCUT2D eigenvalue weighted by Crippen LogP contribution is 2.48. The number of rotatable bonds is 5. The number of piperidine rings is 2. The number of Topliss-reactive ketones (excluding diaryl/α,β-unsaturated/α-hetero) is 1.